The first-order chi connectivity index (χ1) is 9.96. The van der Waals surface area contributed by atoms with Gasteiger partial charge in [0.25, 0.3) is 5.56 Å². The third-order valence-corrected chi connectivity index (χ3v) is 3.58. The predicted octanol–water partition coefficient (Wildman–Crippen LogP) is 2.08. The second-order valence-corrected chi connectivity index (χ2v) is 5.64. The molecule has 0 spiro atoms. The van der Waals surface area contributed by atoms with Crippen molar-refractivity contribution in [3.05, 3.63) is 40.8 Å². The average Bonchev–Trinajstić information content (AvgIpc) is 2.41. The molecular formula is C15H17FN2O3. The first-order valence-corrected chi connectivity index (χ1v) is 6.91. The van der Waals surface area contributed by atoms with E-state index in [1.54, 1.807) is 12.3 Å². The number of hydrogen-bond donors (Lipinski definition) is 0. The highest BCUT2D eigenvalue weighted by atomic mass is 19.1. The van der Waals surface area contributed by atoms with Crippen molar-refractivity contribution >= 4 is 10.8 Å². The van der Waals surface area contributed by atoms with Gasteiger partial charge in [0.1, 0.15) is 0 Å². The molecule has 0 aliphatic carbocycles. The lowest BCUT2D eigenvalue weighted by Gasteiger charge is -2.36. The molecule has 0 amide bonds. The molecule has 1 fully saturated rings. The van der Waals surface area contributed by atoms with Gasteiger partial charge in [-0.25, -0.2) is 4.39 Å². The fourth-order valence-electron chi connectivity index (χ4n) is 2.61. The van der Waals surface area contributed by atoms with Gasteiger partial charge in [-0.3, -0.25) is 9.78 Å². The molecule has 0 radical (unpaired) electrons. The van der Waals surface area contributed by atoms with Crippen molar-refractivity contribution in [2.75, 3.05) is 6.61 Å². The van der Waals surface area contributed by atoms with E-state index >= 15 is 0 Å². The average molecular weight is 292 g/mol. The van der Waals surface area contributed by atoms with Gasteiger partial charge in [-0.15, -0.1) is 0 Å². The molecule has 0 aromatic carbocycles. The van der Waals surface area contributed by atoms with E-state index in [0.29, 0.717) is 25.0 Å². The van der Waals surface area contributed by atoms with E-state index in [1.165, 1.54) is 10.8 Å². The fraction of sp³-hybridized carbons (Fsp3) is 0.467. The van der Waals surface area contributed by atoms with Crippen molar-refractivity contribution in [2.45, 2.75) is 38.7 Å². The predicted molar refractivity (Wildman–Crippen MR) is 75.5 cm³/mol. The maximum Gasteiger partial charge on any atom is 0.261 e. The van der Waals surface area contributed by atoms with Crippen LogP contribution in [-0.4, -0.2) is 28.0 Å². The van der Waals surface area contributed by atoms with Crippen LogP contribution in [0.5, 0.6) is 0 Å². The Morgan fingerprint density at radius 1 is 1.48 bits per heavy atom. The van der Waals surface area contributed by atoms with Gasteiger partial charge < -0.3 is 14.0 Å². The molecule has 1 aliphatic heterocycles. The van der Waals surface area contributed by atoms with Gasteiger partial charge in [0.05, 0.1) is 30.8 Å². The van der Waals surface area contributed by atoms with Crippen molar-refractivity contribution in [1.82, 2.24) is 9.55 Å². The summed E-state index contributed by atoms with van der Waals surface area (Å²) in [5.41, 5.74) is -0.361. The molecule has 2 aromatic heterocycles. The van der Waals surface area contributed by atoms with Gasteiger partial charge in [0, 0.05) is 17.8 Å². The van der Waals surface area contributed by atoms with E-state index in [2.05, 4.69) is 4.98 Å². The van der Waals surface area contributed by atoms with Crippen LogP contribution in [0.3, 0.4) is 0 Å². The quantitative estimate of drug-likeness (QED) is 0.850. The van der Waals surface area contributed by atoms with E-state index in [9.17, 15) is 9.18 Å². The monoisotopic (exact) mass is 292 g/mol. The highest BCUT2D eigenvalue weighted by Crippen LogP contribution is 2.23. The molecule has 0 N–H and O–H groups in total. The fourth-order valence-corrected chi connectivity index (χ4v) is 2.61. The summed E-state index contributed by atoms with van der Waals surface area (Å²) < 4.78 is 26.5. The maximum absolute atomic E-state index is 13.8. The van der Waals surface area contributed by atoms with Gasteiger partial charge in [0.2, 0.25) is 0 Å². The molecule has 6 heteroatoms. The highest BCUT2D eigenvalue weighted by Gasteiger charge is 2.29. The Labute approximate surface area is 121 Å². The normalized spacial score (nSPS) is 21.6. The molecule has 1 atom stereocenters. The third-order valence-electron chi connectivity index (χ3n) is 3.58. The zero-order chi connectivity index (χ0) is 15.0. The Hall–Kier alpha value is -1.79. The van der Waals surface area contributed by atoms with Gasteiger partial charge in [-0.1, -0.05) is 0 Å². The van der Waals surface area contributed by atoms with Crippen LogP contribution in [0.4, 0.5) is 4.39 Å². The number of pyridine rings is 2. The van der Waals surface area contributed by atoms with Crippen molar-refractivity contribution in [3.8, 4) is 0 Å². The number of hydrogen-bond acceptors (Lipinski definition) is 4. The first kappa shape index (κ1) is 14.2. The summed E-state index contributed by atoms with van der Waals surface area (Å²) in [5, 5.41) is 0.572. The summed E-state index contributed by atoms with van der Waals surface area (Å²) in [4.78, 5) is 16.1. The second kappa shape index (κ2) is 5.20. The largest absolute Gasteiger partial charge is 0.350 e. The minimum atomic E-state index is -0.654. The maximum atomic E-state index is 13.8. The molecule has 112 valence electrons. The van der Waals surface area contributed by atoms with Crippen LogP contribution in [0.2, 0.25) is 0 Å². The summed E-state index contributed by atoms with van der Waals surface area (Å²) in [6.07, 6.45) is 4.76. The first-order valence-electron chi connectivity index (χ1n) is 6.91. The van der Waals surface area contributed by atoms with E-state index in [-0.39, 0.29) is 17.0 Å². The number of fused-ring (bicyclic) bond motifs is 1. The Balaban J connectivity index is 1.93. The Morgan fingerprint density at radius 3 is 3.05 bits per heavy atom. The number of halogens is 1. The molecular weight excluding hydrogens is 275 g/mol. The summed E-state index contributed by atoms with van der Waals surface area (Å²) in [6, 6.07) is 1.69. The van der Waals surface area contributed by atoms with E-state index in [1.807, 2.05) is 13.8 Å². The lowest BCUT2D eigenvalue weighted by Crippen LogP contribution is -2.42. The number of ether oxygens (including phenoxy) is 2. The lowest BCUT2D eigenvalue weighted by atomic mass is 10.2. The van der Waals surface area contributed by atoms with Crippen LogP contribution in [0.1, 0.15) is 20.3 Å². The van der Waals surface area contributed by atoms with E-state index in [4.69, 9.17) is 9.47 Å². The number of rotatable bonds is 2. The molecule has 2 aromatic rings. The molecule has 21 heavy (non-hydrogen) atoms. The van der Waals surface area contributed by atoms with Gasteiger partial charge >= 0.3 is 0 Å². The molecule has 1 aliphatic rings. The zero-order valence-electron chi connectivity index (χ0n) is 12.0. The molecule has 1 saturated heterocycles. The van der Waals surface area contributed by atoms with Crippen molar-refractivity contribution < 1.29 is 13.9 Å². The topological polar surface area (TPSA) is 53.4 Å². The molecule has 3 heterocycles. The molecule has 5 nitrogen and oxygen atoms in total. The number of aromatic nitrogens is 2. The van der Waals surface area contributed by atoms with Gasteiger partial charge in [0.15, 0.2) is 11.6 Å². The third kappa shape index (κ3) is 2.82. The SMILES string of the molecule is CC1(C)OCC[C@H](Cn2ccc3cncc(F)c3c2=O)O1. The lowest BCUT2D eigenvalue weighted by molar-refractivity contribution is -0.275. The molecule has 0 saturated carbocycles. The Morgan fingerprint density at radius 2 is 2.29 bits per heavy atom. The van der Waals surface area contributed by atoms with Crippen molar-refractivity contribution in [3.63, 3.8) is 0 Å². The van der Waals surface area contributed by atoms with Crippen LogP contribution in [0.25, 0.3) is 10.8 Å². The molecule has 0 unspecified atom stereocenters. The molecule has 3 rings (SSSR count). The number of nitrogens with zero attached hydrogens (tertiary/aromatic N) is 2. The van der Waals surface area contributed by atoms with E-state index in [0.717, 1.165) is 6.20 Å². The van der Waals surface area contributed by atoms with Crippen LogP contribution >= 0.6 is 0 Å². The summed E-state index contributed by atoms with van der Waals surface area (Å²) in [5.74, 6) is -1.25. The van der Waals surface area contributed by atoms with Gasteiger partial charge in [-0.2, -0.15) is 0 Å². The van der Waals surface area contributed by atoms with Crippen LogP contribution in [0, 0.1) is 5.82 Å². The van der Waals surface area contributed by atoms with Crippen molar-refractivity contribution in [1.29, 1.82) is 0 Å². The standard InChI is InChI=1S/C15H17FN2O3/c1-15(2)20-6-4-11(21-15)9-18-5-3-10-7-17-8-12(16)13(10)14(18)19/h3,5,7-8,11H,4,6,9H2,1-2H3/t11-/m1/s1. The summed E-state index contributed by atoms with van der Waals surface area (Å²) >= 11 is 0. The zero-order valence-corrected chi connectivity index (χ0v) is 12.0. The van der Waals surface area contributed by atoms with Crippen LogP contribution < -0.4 is 5.56 Å². The minimum Gasteiger partial charge on any atom is -0.350 e. The van der Waals surface area contributed by atoms with Crippen LogP contribution in [-0.2, 0) is 16.0 Å². The minimum absolute atomic E-state index is 0.0684. The summed E-state index contributed by atoms with van der Waals surface area (Å²) in [6.45, 7) is 4.64. The molecule has 0 bridgehead atoms. The van der Waals surface area contributed by atoms with E-state index < -0.39 is 11.6 Å². The Kier molecular flexibility index (Phi) is 3.51. The smallest absolute Gasteiger partial charge is 0.261 e. The van der Waals surface area contributed by atoms with Crippen LogP contribution in [0.15, 0.2) is 29.5 Å². The van der Waals surface area contributed by atoms with Crippen molar-refractivity contribution in [2.24, 2.45) is 0 Å². The second-order valence-electron chi connectivity index (χ2n) is 5.64. The summed E-state index contributed by atoms with van der Waals surface area (Å²) in [7, 11) is 0. The highest BCUT2D eigenvalue weighted by molar-refractivity contribution is 5.80. The Bertz CT molecular complexity index is 726. The van der Waals surface area contributed by atoms with Gasteiger partial charge in [-0.05, 0) is 26.3 Å².